The Balaban J connectivity index is 1.69. The second kappa shape index (κ2) is 8.90. The van der Waals surface area contributed by atoms with E-state index in [9.17, 15) is 4.39 Å². The quantitative estimate of drug-likeness (QED) is 0.332. The molecule has 0 saturated heterocycles. The summed E-state index contributed by atoms with van der Waals surface area (Å²) in [5, 5.41) is 2.19. The molecule has 1 fully saturated rings. The number of rotatable bonds is 3. The molecular weight excluding hydrogens is 341 g/mol. The van der Waals surface area contributed by atoms with E-state index in [-0.39, 0.29) is 5.69 Å². The molecular formula is C23H22FNS. The van der Waals surface area contributed by atoms with Crippen LogP contribution in [-0.4, -0.2) is 5.16 Å². The van der Waals surface area contributed by atoms with Crippen molar-refractivity contribution in [1.82, 2.24) is 0 Å². The largest absolute Gasteiger partial charge is 0.205 e. The van der Waals surface area contributed by atoms with Crippen LogP contribution in [0.25, 0.3) is 11.1 Å². The number of isothiocyanates is 1. The second-order valence-electron chi connectivity index (χ2n) is 6.84. The molecule has 1 aliphatic rings. The van der Waals surface area contributed by atoms with Crippen molar-refractivity contribution in [2.45, 2.75) is 39.0 Å². The standard InChI is InChI=1S/C23H22FNS/c1-2-17-3-5-18(6-4-17)7-8-19-9-11-20(12-10-19)21-13-14-23(25-16-26)22(24)15-21/h9-15,17-18H,2-6H2,1H3. The lowest BCUT2D eigenvalue weighted by molar-refractivity contribution is 0.309. The lowest BCUT2D eigenvalue weighted by Crippen LogP contribution is -2.12. The second-order valence-corrected chi connectivity index (χ2v) is 7.02. The van der Waals surface area contributed by atoms with Crippen LogP contribution in [0.4, 0.5) is 10.1 Å². The Morgan fingerprint density at radius 3 is 2.35 bits per heavy atom. The number of hydrogen-bond acceptors (Lipinski definition) is 2. The Morgan fingerprint density at radius 1 is 1.04 bits per heavy atom. The Bertz CT molecular complexity index is 861. The third-order valence-electron chi connectivity index (χ3n) is 5.18. The van der Waals surface area contributed by atoms with Crippen molar-refractivity contribution >= 4 is 23.1 Å². The Morgan fingerprint density at radius 2 is 1.73 bits per heavy atom. The maximum absolute atomic E-state index is 14.0. The van der Waals surface area contributed by atoms with Gasteiger partial charge in [0, 0.05) is 11.5 Å². The summed E-state index contributed by atoms with van der Waals surface area (Å²) in [4.78, 5) is 3.71. The van der Waals surface area contributed by atoms with E-state index < -0.39 is 5.82 Å². The third kappa shape index (κ3) is 4.67. The van der Waals surface area contributed by atoms with Crippen molar-refractivity contribution in [3.8, 4) is 23.0 Å². The molecule has 1 nitrogen and oxygen atoms in total. The van der Waals surface area contributed by atoms with Crippen LogP contribution < -0.4 is 0 Å². The molecule has 0 unspecified atom stereocenters. The van der Waals surface area contributed by atoms with Crippen molar-refractivity contribution in [3.63, 3.8) is 0 Å². The van der Waals surface area contributed by atoms with Crippen LogP contribution in [0.3, 0.4) is 0 Å². The SMILES string of the molecule is CCC1CCC(C#Cc2ccc(-c3ccc(N=C=S)c(F)c3)cc2)CC1. The molecule has 0 atom stereocenters. The summed E-state index contributed by atoms with van der Waals surface area (Å²) in [7, 11) is 0. The number of nitrogens with zero attached hydrogens (tertiary/aromatic N) is 1. The van der Waals surface area contributed by atoms with Gasteiger partial charge in [0.05, 0.1) is 5.16 Å². The number of aliphatic imine (C=N–C) groups is 1. The molecule has 3 rings (SSSR count). The van der Waals surface area contributed by atoms with E-state index in [1.165, 1.54) is 38.2 Å². The summed E-state index contributed by atoms with van der Waals surface area (Å²) in [6, 6.07) is 12.9. The Labute approximate surface area is 160 Å². The summed E-state index contributed by atoms with van der Waals surface area (Å²) in [5.74, 6) is 7.77. The summed E-state index contributed by atoms with van der Waals surface area (Å²) in [5.41, 5.74) is 2.98. The molecule has 2 aromatic carbocycles. The van der Waals surface area contributed by atoms with Crippen molar-refractivity contribution in [1.29, 1.82) is 0 Å². The molecule has 26 heavy (non-hydrogen) atoms. The van der Waals surface area contributed by atoms with E-state index in [1.54, 1.807) is 6.07 Å². The monoisotopic (exact) mass is 363 g/mol. The topological polar surface area (TPSA) is 12.4 Å². The molecule has 2 aromatic rings. The van der Waals surface area contributed by atoms with Gasteiger partial charge in [0.2, 0.25) is 0 Å². The van der Waals surface area contributed by atoms with Gasteiger partial charge >= 0.3 is 0 Å². The van der Waals surface area contributed by atoms with Gasteiger partial charge in [-0.25, -0.2) is 4.39 Å². The minimum absolute atomic E-state index is 0.212. The van der Waals surface area contributed by atoms with Gasteiger partial charge in [-0.2, -0.15) is 4.99 Å². The number of halogens is 1. The maximum Gasteiger partial charge on any atom is 0.150 e. The number of thiocarbonyl (C=S) groups is 1. The smallest absolute Gasteiger partial charge is 0.150 e. The molecule has 0 spiro atoms. The van der Waals surface area contributed by atoms with Crippen LogP contribution in [0, 0.1) is 29.5 Å². The van der Waals surface area contributed by atoms with Gasteiger partial charge in [-0.3, -0.25) is 0 Å². The predicted octanol–water partition coefficient (Wildman–Crippen LogP) is 6.79. The lowest BCUT2D eigenvalue weighted by atomic mass is 9.81. The molecule has 0 aliphatic heterocycles. The Kier molecular flexibility index (Phi) is 6.34. The summed E-state index contributed by atoms with van der Waals surface area (Å²) < 4.78 is 14.0. The van der Waals surface area contributed by atoms with Crippen molar-refractivity contribution in [2.75, 3.05) is 0 Å². The number of benzene rings is 2. The van der Waals surface area contributed by atoms with Gasteiger partial charge in [-0.15, -0.1) is 0 Å². The molecule has 1 aliphatic carbocycles. The zero-order chi connectivity index (χ0) is 18.4. The zero-order valence-electron chi connectivity index (χ0n) is 15.0. The van der Waals surface area contributed by atoms with Crippen molar-refractivity contribution < 1.29 is 4.39 Å². The van der Waals surface area contributed by atoms with Gasteiger partial charge in [0.1, 0.15) is 11.5 Å². The summed E-state index contributed by atoms with van der Waals surface area (Å²) >= 11 is 4.52. The first kappa shape index (κ1) is 18.5. The molecule has 0 amide bonds. The minimum Gasteiger partial charge on any atom is -0.205 e. The van der Waals surface area contributed by atoms with Crippen LogP contribution in [0.1, 0.15) is 44.6 Å². The zero-order valence-corrected chi connectivity index (χ0v) is 15.8. The van der Waals surface area contributed by atoms with E-state index in [1.807, 2.05) is 30.3 Å². The van der Waals surface area contributed by atoms with Gasteiger partial charge in [-0.1, -0.05) is 43.4 Å². The van der Waals surface area contributed by atoms with E-state index in [0.29, 0.717) is 5.92 Å². The maximum atomic E-state index is 14.0. The van der Waals surface area contributed by atoms with E-state index in [2.05, 4.69) is 41.1 Å². The molecule has 3 heteroatoms. The predicted molar refractivity (Wildman–Crippen MR) is 109 cm³/mol. The summed E-state index contributed by atoms with van der Waals surface area (Å²) in [6.07, 6.45) is 6.35. The molecule has 0 radical (unpaired) electrons. The minimum atomic E-state index is -0.397. The first-order valence-corrected chi connectivity index (χ1v) is 9.59. The van der Waals surface area contributed by atoms with Gasteiger partial charge in [0.25, 0.3) is 0 Å². The third-order valence-corrected chi connectivity index (χ3v) is 5.27. The molecule has 0 N–H and O–H groups in total. The van der Waals surface area contributed by atoms with Crippen LogP contribution in [0.2, 0.25) is 0 Å². The highest BCUT2D eigenvalue weighted by molar-refractivity contribution is 7.78. The molecule has 0 aromatic heterocycles. The fourth-order valence-corrected chi connectivity index (χ4v) is 3.57. The molecule has 1 saturated carbocycles. The fourth-order valence-electron chi connectivity index (χ4n) is 3.47. The molecule has 0 bridgehead atoms. The summed E-state index contributed by atoms with van der Waals surface area (Å²) in [6.45, 7) is 2.28. The average molecular weight is 364 g/mol. The van der Waals surface area contributed by atoms with E-state index in [0.717, 1.165) is 22.6 Å². The van der Waals surface area contributed by atoms with Crippen LogP contribution in [0.5, 0.6) is 0 Å². The average Bonchev–Trinajstić information content (AvgIpc) is 2.69. The molecule has 132 valence electrons. The van der Waals surface area contributed by atoms with E-state index in [4.69, 9.17) is 0 Å². The lowest BCUT2D eigenvalue weighted by Gasteiger charge is -2.24. The normalized spacial score (nSPS) is 19.2. The molecule has 0 heterocycles. The van der Waals surface area contributed by atoms with Gasteiger partial charge < -0.3 is 0 Å². The van der Waals surface area contributed by atoms with Crippen LogP contribution >= 0.6 is 12.2 Å². The highest BCUT2D eigenvalue weighted by Gasteiger charge is 2.18. The first-order chi connectivity index (χ1) is 12.7. The first-order valence-electron chi connectivity index (χ1n) is 9.19. The van der Waals surface area contributed by atoms with Crippen LogP contribution in [0.15, 0.2) is 47.5 Å². The number of hydrogen-bond donors (Lipinski definition) is 0. The highest BCUT2D eigenvalue weighted by Crippen LogP contribution is 2.30. The Hall–Kier alpha value is -2.27. The van der Waals surface area contributed by atoms with E-state index >= 15 is 0 Å². The van der Waals surface area contributed by atoms with Gasteiger partial charge in [-0.05, 0) is 79.2 Å². The van der Waals surface area contributed by atoms with Crippen LogP contribution in [-0.2, 0) is 0 Å². The fraction of sp³-hybridized carbons (Fsp3) is 0.348. The van der Waals surface area contributed by atoms with Gasteiger partial charge in [0.15, 0.2) is 0 Å². The van der Waals surface area contributed by atoms with Crippen molar-refractivity contribution in [2.24, 2.45) is 16.8 Å². The van der Waals surface area contributed by atoms with Crippen molar-refractivity contribution in [3.05, 3.63) is 53.8 Å². The highest BCUT2D eigenvalue weighted by atomic mass is 32.1.